The van der Waals surface area contributed by atoms with Gasteiger partial charge in [0.15, 0.2) is 0 Å². The summed E-state index contributed by atoms with van der Waals surface area (Å²) < 4.78 is 10.7. The zero-order valence-corrected chi connectivity index (χ0v) is 17.4. The summed E-state index contributed by atoms with van der Waals surface area (Å²) in [6.07, 6.45) is 5.75. The maximum atomic E-state index is 12.4. The lowest BCUT2D eigenvalue weighted by Crippen LogP contribution is -2.31. The summed E-state index contributed by atoms with van der Waals surface area (Å²) in [5.41, 5.74) is 4.39. The highest BCUT2D eigenvalue weighted by atomic mass is 16.5. The van der Waals surface area contributed by atoms with Gasteiger partial charge in [0, 0.05) is 48.7 Å². The number of hydrogen-bond acceptors (Lipinski definition) is 4. The second kappa shape index (κ2) is 9.05. The van der Waals surface area contributed by atoms with E-state index in [1.807, 2.05) is 36.4 Å². The summed E-state index contributed by atoms with van der Waals surface area (Å²) in [5, 5.41) is 4.13. The fraction of sp³-hybridized carbons (Fsp3) is 0.292. The fourth-order valence-electron chi connectivity index (χ4n) is 3.87. The topological polar surface area (TPSA) is 66.6 Å². The molecule has 0 saturated heterocycles. The van der Waals surface area contributed by atoms with E-state index in [0.29, 0.717) is 17.9 Å². The van der Waals surface area contributed by atoms with Crippen molar-refractivity contribution in [3.8, 4) is 11.5 Å². The number of carbonyl (C=O) groups excluding carboxylic acids is 1. The predicted molar refractivity (Wildman–Crippen MR) is 120 cm³/mol. The quantitative estimate of drug-likeness (QED) is 0.615. The summed E-state index contributed by atoms with van der Waals surface area (Å²) in [5.74, 6) is 1.53. The molecule has 0 radical (unpaired) electrons. The van der Waals surface area contributed by atoms with E-state index in [-0.39, 0.29) is 5.91 Å². The molecule has 4 rings (SSSR count). The van der Waals surface area contributed by atoms with Crippen molar-refractivity contribution in [2.75, 3.05) is 39.2 Å². The van der Waals surface area contributed by atoms with Crippen molar-refractivity contribution in [1.82, 2.24) is 9.88 Å². The van der Waals surface area contributed by atoms with Gasteiger partial charge in [0.1, 0.15) is 11.5 Å². The summed E-state index contributed by atoms with van der Waals surface area (Å²) in [7, 11) is 3.29. The number of H-pyrrole nitrogens is 1. The highest BCUT2D eigenvalue weighted by molar-refractivity contribution is 5.94. The first-order valence-corrected chi connectivity index (χ1v) is 10.2. The summed E-state index contributed by atoms with van der Waals surface area (Å²) in [6, 6.07) is 13.6. The molecule has 0 unspecified atom stereocenters. The standard InChI is InChI=1S/C24H27N3O3/c1-29-18-7-8-21-19(15-18)20(16-25-21)17-9-12-27(13-10-17)14-11-24(28)26-22-5-3-4-6-23(22)30-2/h3-9,15-16,25H,10-14H2,1-2H3,(H,26,28). The smallest absolute Gasteiger partial charge is 0.225 e. The van der Waals surface area contributed by atoms with Crippen molar-refractivity contribution in [1.29, 1.82) is 0 Å². The molecule has 156 valence electrons. The molecule has 1 aliphatic rings. The van der Waals surface area contributed by atoms with Gasteiger partial charge in [-0.05, 0) is 42.3 Å². The molecule has 6 nitrogen and oxygen atoms in total. The molecule has 0 aliphatic carbocycles. The molecule has 0 bridgehead atoms. The first-order valence-electron chi connectivity index (χ1n) is 10.2. The van der Waals surface area contributed by atoms with Crippen LogP contribution in [0.5, 0.6) is 11.5 Å². The van der Waals surface area contributed by atoms with Crippen LogP contribution in [0.15, 0.2) is 54.7 Å². The Bertz CT molecular complexity index is 1070. The Morgan fingerprint density at radius 3 is 2.80 bits per heavy atom. The van der Waals surface area contributed by atoms with Crippen molar-refractivity contribution in [3.63, 3.8) is 0 Å². The van der Waals surface area contributed by atoms with Crippen molar-refractivity contribution >= 4 is 28.1 Å². The van der Waals surface area contributed by atoms with Crippen LogP contribution in [0.2, 0.25) is 0 Å². The third-order valence-corrected chi connectivity index (χ3v) is 5.56. The number of benzene rings is 2. The van der Waals surface area contributed by atoms with Crippen molar-refractivity contribution in [3.05, 3.63) is 60.3 Å². The number of ether oxygens (including phenoxy) is 2. The van der Waals surface area contributed by atoms with Crippen LogP contribution in [0.1, 0.15) is 18.4 Å². The molecule has 30 heavy (non-hydrogen) atoms. The molecule has 6 heteroatoms. The van der Waals surface area contributed by atoms with Crippen molar-refractivity contribution in [2.45, 2.75) is 12.8 Å². The number of rotatable bonds is 7. The molecular weight excluding hydrogens is 378 g/mol. The number of fused-ring (bicyclic) bond motifs is 1. The van der Waals surface area contributed by atoms with E-state index < -0.39 is 0 Å². The highest BCUT2D eigenvalue weighted by Gasteiger charge is 2.17. The number of para-hydroxylation sites is 2. The predicted octanol–water partition coefficient (Wildman–Crippen LogP) is 4.30. The maximum absolute atomic E-state index is 12.4. The number of aromatic amines is 1. The largest absolute Gasteiger partial charge is 0.497 e. The first-order chi connectivity index (χ1) is 14.7. The van der Waals surface area contributed by atoms with Gasteiger partial charge in [-0.3, -0.25) is 9.69 Å². The monoisotopic (exact) mass is 405 g/mol. The lowest BCUT2D eigenvalue weighted by molar-refractivity contribution is -0.116. The van der Waals surface area contributed by atoms with Crippen LogP contribution in [0.3, 0.4) is 0 Å². The first kappa shape index (κ1) is 20.0. The zero-order chi connectivity index (χ0) is 20.9. The minimum absolute atomic E-state index is 0.00185. The van der Waals surface area contributed by atoms with Crippen molar-refractivity contribution in [2.24, 2.45) is 0 Å². The van der Waals surface area contributed by atoms with Crippen LogP contribution >= 0.6 is 0 Å². The number of carbonyl (C=O) groups is 1. The van der Waals surface area contributed by atoms with Gasteiger partial charge in [0.05, 0.1) is 19.9 Å². The van der Waals surface area contributed by atoms with Crippen LogP contribution in [-0.2, 0) is 4.79 Å². The molecule has 2 heterocycles. The summed E-state index contributed by atoms with van der Waals surface area (Å²) in [4.78, 5) is 18.0. The van der Waals surface area contributed by atoms with Crippen LogP contribution in [0.4, 0.5) is 5.69 Å². The second-order valence-electron chi connectivity index (χ2n) is 7.39. The molecule has 2 N–H and O–H groups in total. The number of nitrogens with zero attached hydrogens (tertiary/aromatic N) is 1. The molecule has 1 aliphatic heterocycles. The third-order valence-electron chi connectivity index (χ3n) is 5.56. The Labute approximate surface area is 176 Å². The van der Waals surface area contributed by atoms with Gasteiger partial charge in [0.2, 0.25) is 5.91 Å². The SMILES string of the molecule is COc1ccc2[nH]cc(C3=CCN(CCC(=O)Nc4ccccc4OC)CC3)c2c1. The third kappa shape index (κ3) is 4.33. The number of hydrogen-bond donors (Lipinski definition) is 2. The fourth-order valence-corrected chi connectivity index (χ4v) is 3.87. The normalized spacial score (nSPS) is 14.4. The van der Waals surface area contributed by atoms with Crippen molar-refractivity contribution < 1.29 is 14.3 Å². The van der Waals surface area contributed by atoms with Gasteiger partial charge in [-0.2, -0.15) is 0 Å². The number of aromatic nitrogens is 1. The lowest BCUT2D eigenvalue weighted by Gasteiger charge is -2.26. The van der Waals surface area contributed by atoms with Crippen LogP contribution in [-0.4, -0.2) is 49.6 Å². The van der Waals surface area contributed by atoms with E-state index in [4.69, 9.17) is 9.47 Å². The van der Waals surface area contributed by atoms with Gasteiger partial charge in [0.25, 0.3) is 0 Å². The molecular formula is C24H27N3O3. The van der Waals surface area contributed by atoms with Gasteiger partial charge in [-0.15, -0.1) is 0 Å². The van der Waals surface area contributed by atoms with E-state index >= 15 is 0 Å². The molecule has 0 spiro atoms. The minimum atomic E-state index is -0.00185. The number of nitrogens with one attached hydrogen (secondary N) is 2. The van der Waals surface area contributed by atoms with Gasteiger partial charge >= 0.3 is 0 Å². The van der Waals surface area contributed by atoms with E-state index in [0.717, 1.165) is 37.3 Å². The highest BCUT2D eigenvalue weighted by Crippen LogP contribution is 2.31. The number of anilines is 1. The zero-order valence-electron chi connectivity index (χ0n) is 17.4. The van der Waals surface area contributed by atoms with E-state index in [1.54, 1.807) is 14.2 Å². The van der Waals surface area contributed by atoms with Crippen LogP contribution in [0, 0.1) is 0 Å². The molecule has 3 aromatic rings. The Morgan fingerprint density at radius 1 is 1.17 bits per heavy atom. The van der Waals surface area contributed by atoms with Gasteiger partial charge < -0.3 is 19.8 Å². The van der Waals surface area contributed by atoms with Crippen LogP contribution in [0.25, 0.3) is 16.5 Å². The van der Waals surface area contributed by atoms with Gasteiger partial charge in [-0.25, -0.2) is 0 Å². The van der Waals surface area contributed by atoms with E-state index in [2.05, 4.69) is 33.5 Å². The summed E-state index contributed by atoms with van der Waals surface area (Å²) in [6.45, 7) is 2.50. The average molecular weight is 405 g/mol. The maximum Gasteiger partial charge on any atom is 0.225 e. The Morgan fingerprint density at radius 2 is 2.03 bits per heavy atom. The molecule has 1 amide bonds. The molecule has 1 aromatic heterocycles. The molecule has 0 atom stereocenters. The Balaban J connectivity index is 1.35. The molecule has 2 aromatic carbocycles. The van der Waals surface area contributed by atoms with Gasteiger partial charge in [-0.1, -0.05) is 18.2 Å². The second-order valence-corrected chi connectivity index (χ2v) is 7.39. The Hall–Kier alpha value is -3.25. The molecule has 0 saturated carbocycles. The number of amides is 1. The summed E-state index contributed by atoms with van der Waals surface area (Å²) >= 11 is 0. The number of methoxy groups -OCH3 is 2. The Kier molecular flexibility index (Phi) is 6.05. The van der Waals surface area contributed by atoms with E-state index in [9.17, 15) is 4.79 Å². The molecule has 0 fully saturated rings. The minimum Gasteiger partial charge on any atom is -0.497 e. The van der Waals surface area contributed by atoms with E-state index in [1.165, 1.54) is 16.5 Å². The van der Waals surface area contributed by atoms with Crippen LogP contribution < -0.4 is 14.8 Å². The average Bonchev–Trinajstić information content (AvgIpc) is 3.21. The lowest BCUT2D eigenvalue weighted by atomic mass is 9.98.